The van der Waals surface area contributed by atoms with E-state index in [0.29, 0.717) is 18.3 Å². The Labute approximate surface area is 164 Å². The van der Waals surface area contributed by atoms with E-state index in [1.54, 1.807) is 27.7 Å². The van der Waals surface area contributed by atoms with Crippen molar-refractivity contribution in [3.63, 3.8) is 0 Å². The molecule has 0 aliphatic rings. The lowest BCUT2D eigenvalue weighted by molar-refractivity contribution is -0.153. The van der Waals surface area contributed by atoms with Crippen LogP contribution in [0.1, 0.15) is 48.0 Å². The van der Waals surface area contributed by atoms with Crippen LogP contribution in [0.2, 0.25) is 0 Å². The molecule has 0 aliphatic carbocycles. The van der Waals surface area contributed by atoms with Gasteiger partial charge in [0.05, 0.1) is 31.8 Å². The lowest BCUT2D eigenvalue weighted by atomic mass is 10.3. The first-order chi connectivity index (χ1) is 11.6. The van der Waals surface area contributed by atoms with Crippen molar-refractivity contribution >= 4 is 52.6 Å². The molecule has 0 amide bonds. The maximum Gasteiger partial charge on any atom is 0.319 e. The Balaban J connectivity index is 4.78. The van der Waals surface area contributed by atoms with Crippen molar-refractivity contribution in [3.05, 3.63) is 0 Å². The zero-order valence-electron chi connectivity index (χ0n) is 15.7. The molecule has 0 fully saturated rings. The highest BCUT2D eigenvalue weighted by Crippen LogP contribution is 2.61. The number of hydrogen-bond donors (Lipinski definition) is 0. The van der Waals surface area contributed by atoms with Gasteiger partial charge in [-0.05, 0) is 53.3 Å². The Morgan fingerprint density at radius 2 is 1.52 bits per heavy atom. The molecule has 0 saturated heterocycles. The summed E-state index contributed by atoms with van der Waals surface area (Å²) in [6, 6.07) is 0. The van der Waals surface area contributed by atoms with Gasteiger partial charge in [0, 0.05) is 5.08 Å². The normalized spacial score (nSPS) is 13.1. The Hall–Kier alpha value is 0.210. The van der Waals surface area contributed by atoms with Crippen LogP contribution in [0.25, 0.3) is 0 Å². The van der Waals surface area contributed by atoms with Crippen LogP contribution < -0.4 is 0 Å². The van der Waals surface area contributed by atoms with Gasteiger partial charge in [-0.25, -0.2) is 0 Å². The molecule has 0 aromatic heterocycles. The van der Waals surface area contributed by atoms with Gasteiger partial charge in [-0.2, -0.15) is 0 Å². The minimum atomic E-state index is -2.43. The highest BCUT2D eigenvalue weighted by Gasteiger charge is 2.28. The number of hydrogen-bond acceptors (Lipinski definition) is 9. The number of thioether (sulfide) groups is 1. The van der Waals surface area contributed by atoms with Gasteiger partial charge in [0.15, 0.2) is 0 Å². The van der Waals surface area contributed by atoms with Gasteiger partial charge in [0.2, 0.25) is 5.69 Å². The molecule has 0 radical (unpaired) electrons. The van der Waals surface area contributed by atoms with E-state index in [2.05, 4.69) is 0 Å². The smallest absolute Gasteiger partial charge is 0.319 e. The van der Waals surface area contributed by atoms with Crippen molar-refractivity contribution in [3.8, 4) is 0 Å². The topological polar surface area (TPSA) is 71.1 Å². The van der Waals surface area contributed by atoms with E-state index >= 15 is 0 Å². The van der Waals surface area contributed by atoms with Crippen LogP contribution in [0.4, 0.5) is 0 Å². The molecule has 0 bridgehead atoms. The second-order valence-corrected chi connectivity index (χ2v) is 13.3. The predicted octanol–water partition coefficient (Wildman–Crippen LogP) is 4.37. The largest absolute Gasteiger partial charge is 0.463 e. The minimum Gasteiger partial charge on any atom is -0.463 e. The first kappa shape index (κ1) is 25.2. The van der Waals surface area contributed by atoms with Crippen molar-refractivity contribution in [2.75, 3.05) is 18.3 Å². The zero-order chi connectivity index (χ0) is 19.5. The van der Waals surface area contributed by atoms with Gasteiger partial charge in [-0.3, -0.25) is 9.59 Å². The van der Waals surface area contributed by atoms with Crippen LogP contribution in [0.5, 0.6) is 0 Å². The molecule has 0 spiro atoms. The summed E-state index contributed by atoms with van der Waals surface area (Å²) in [5.74, 6) is -0.852. The molecule has 25 heavy (non-hydrogen) atoms. The first-order valence-corrected chi connectivity index (χ1v) is 13.5. The Morgan fingerprint density at radius 3 is 1.96 bits per heavy atom. The maximum atomic E-state index is 12.2. The van der Waals surface area contributed by atoms with Gasteiger partial charge in [0.25, 0.3) is 0 Å². The third kappa shape index (κ3) is 12.3. The van der Waals surface area contributed by atoms with E-state index in [1.807, 2.05) is 13.8 Å². The Bertz CT molecular complexity index is 449. The van der Waals surface area contributed by atoms with E-state index in [9.17, 15) is 9.59 Å². The lowest BCUT2D eigenvalue weighted by Gasteiger charge is -2.21. The summed E-state index contributed by atoms with van der Waals surface area (Å²) in [6.07, 6.45) is -0.515. The molecule has 0 aromatic carbocycles. The summed E-state index contributed by atoms with van der Waals surface area (Å²) in [5, 5.41) is -0.183. The molecule has 1 unspecified atom stereocenters. The molecule has 0 saturated carbocycles. The molecule has 0 aliphatic heterocycles. The van der Waals surface area contributed by atoms with E-state index in [0.717, 1.165) is 0 Å². The summed E-state index contributed by atoms with van der Waals surface area (Å²) >= 11 is 8.10. The highest BCUT2D eigenvalue weighted by atomic mass is 32.9. The van der Waals surface area contributed by atoms with Crippen molar-refractivity contribution in [2.45, 2.75) is 65.4 Å². The monoisotopic (exact) mass is 432 g/mol. The molecule has 148 valence electrons. The van der Waals surface area contributed by atoms with Crippen molar-refractivity contribution in [2.24, 2.45) is 0 Å². The quantitative estimate of drug-likeness (QED) is 0.240. The van der Waals surface area contributed by atoms with Gasteiger partial charge < -0.3 is 18.5 Å². The molecule has 0 aromatic rings. The van der Waals surface area contributed by atoms with Crippen molar-refractivity contribution in [1.29, 1.82) is 0 Å². The summed E-state index contributed by atoms with van der Waals surface area (Å²) in [4.78, 5) is 24.1. The first-order valence-electron chi connectivity index (χ1n) is 8.18. The van der Waals surface area contributed by atoms with Gasteiger partial charge in [0.1, 0.15) is 5.25 Å². The summed E-state index contributed by atoms with van der Waals surface area (Å²) < 4.78 is 21.5. The summed E-state index contributed by atoms with van der Waals surface area (Å²) in [7, 11) is 0. The molecule has 10 heteroatoms. The third-order valence-corrected chi connectivity index (χ3v) is 9.69. The molecule has 1 atom stereocenters. The number of rotatable bonds is 13. The van der Waals surface area contributed by atoms with Crippen LogP contribution in [0.15, 0.2) is 0 Å². The molecule has 0 rings (SSSR count). The molecule has 0 N–H and O–H groups in total. The van der Waals surface area contributed by atoms with Crippen LogP contribution >= 0.6 is 28.8 Å². The third-order valence-electron chi connectivity index (χ3n) is 2.39. The highest BCUT2D eigenvalue weighted by molar-refractivity contribution is 8.69. The van der Waals surface area contributed by atoms with Crippen LogP contribution in [-0.4, -0.2) is 47.7 Å². The van der Waals surface area contributed by atoms with E-state index in [-0.39, 0.29) is 18.6 Å². The molecular weight excluding hydrogens is 403 g/mol. The van der Waals surface area contributed by atoms with Gasteiger partial charge in [-0.15, -0.1) is 11.8 Å². The number of carbonyl (C=O) groups is 2. The average Bonchev–Trinajstić information content (AvgIpc) is 2.45. The second kappa shape index (κ2) is 13.4. The fourth-order valence-electron chi connectivity index (χ4n) is 1.59. The number of esters is 2. The number of ether oxygens (including phenoxy) is 2. The average molecular weight is 433 g/mol. The zero-order valence-corrected chi connectivity index (χ0v) is 19.0. The van der Waals surface area contributed by atoms with E-state index < -0.39 is 22.9 Å². The number of carbonyl (C=O) groups excluding carboxylic acids is 2. The second-order valence-electron chi connectivity index (χ2n) is 5.41. The minimum absolute atomic E-state index is 0.0406. The standard InChI is InChI=1S/C15H29O6PS3/c1-7-18-22(23,19-8-2)25-10-24-13(15(17)21-12(5)6)9-14(16)20-11(3)4/h11-13H,7-10H2,1-6H3. The SMILES string of the molecule is CCOP(=S)(OCC)SCSC(CC(=O)OC(C)C)C(=O)OC(C)C. The van der Waals surface area contributed by atoms with E-state index in [1.165, 1.54) is 23.1 Å². The van der Waals surface area contributed by atoms with E-state index in [4.69, 9.17) is 30.3 Å². The van der Waals surface area contributed by atoms with Crippen LogP contribution in [0, 0.1) is 0 Å². The van der Waals surface area contributed by atoms with Gasteiger partial charge >= 0.3 is 11.9 Å². The summed E-state index contributed by atoms with van der Waals surface area (Å²) in [5.41, 5.74) is -2.43. The lowest BCUT2D eigenvalue weighted by Crippen LogP contribution is -2.27. The van der Waals surface area contributed by atoms with Crippen molar-refractivity contribution < 1.29 is 28.1 Å². The van der Waals surface area contributed by atoms with Crippen LogP contribution in [-0.2, 0) is 39.9 Å². The van der Waals surface area contributed by atoms with Crippen LogP contribution in [0.3, 0.4) is 0 Å². The molecule has 0 heterocycles. The fraction of sp³-hybridized carbons (Fsp3) is 0.867. The fourth-order valence-corrected chi connectivity index (χ4v) is 8.89. The molecule has 6 nitrogen and oxygen atoms in total. The van der Waals surface area contributed by atoms with Crippen molar-refractivity contribution in [1.82, 2.24) is 0 Å². The predicted molar refractivity (Wildman–Crippen MR) is 108 cm³/mol. The summed E-state index contributed by atoms with van der Waals surface area (Å²) in [6.45, 7) is 11.7. The van der Waals surface area contributed by atoms with Gasteiger partial charge in [-0.1, -0.05) is 11.4 Å². The molecular formula is C15H29O6PS3. The Morgan fingerprint density at radius 1 is 1.00 bits per heavy atom. The maximum absolute atomic E-state index is 12.2. The Kier molecular flexibility index (Phi) is 13.5.